The molecule has 1 unspecified atom stereocenters. The highest BCUT2D eigenvalue weighted by atomic mass is 35.5. The van der Waals surface area contributed by atoms with Gasteiger partial charge >= 0.3 is 0 Å². The Hall–Kier alpha value is -2.44. The van der Waals surface area contributed by atoms with Crippen molar-refractivity contribution >= 4 is 35.0 Å². The van der Waals surface area contributed by atoms with Crippen LogP contribution in [-0.4, -0.2) is 43.0 Å². The van der Waals surface area contributed by atoms with Gasteiger partial charge in [-0.2, -0.15) is 0 Å². The van der Waals surface area contributed by atoms with Crippen LogP contribution in [0.3, 0.4) is 0 Å². The molecule has 0 aromatic heterocycles. The molecular formula is C26H34Cl2N2O4. The number of hydrogen-bond donors (Lipinski definition) is 1. The van der Waals surface area contributed by atoms with E-state index in [4.69, 9.17) is 32.7 Å². The monoisotopic (exact) mass is 508 g/mol. The summed E-state index contributed by atoms with van der Waals surface area (Å²) < 4.78 is 10.9. The number of carbonyl (C=O) groups is 2. The van der Waals surface area contributed by atoms with Crippen molar-refractivity contribution in [3.8, 4) is 11.5 Å². The van der Waals surface area contributed by atoms with Gasteiger partial charge in [0.1, 0.15) is 17.5 Å². The molecule has 1 atom stereocenters. The van der Waals surface area contributed by atoms with Gasteiger partial charge in [0, 0.05) is 35.1 Å². The van der Waals surface area contributed by atoms with Gasteiger partial charge < -0.3 is 19.7 Å². The number of benzene rings is 2. The molecule has 34 heavy (non-hydrogen) atoms. The van der Waals surface area contributed by atoms with Crippen LogP contribution < -0.4 is 14.8 Å². The van der Waals surface area contributed by atoms with E-state index in [0.29, 0.717) is 47.4 Å². The second-order valence-corrected chi connectivity index (χ2v) is 8.73. The van der Waals surface area contributed by atoms with E-state index < -0.39 is 6.04 Å². The van der Waals surface area contributed by atoms with Crippen molar-refractivity contribution in [3.05, 3.63) is 58.1 Å². The molecule has 0 aliphatic carbocycles. The molecule has 0 radical (unpaired) electrons. The minimum absolute atomic E-state index is 0.146. The highest BCUT2D eigenvalue weighted by Crippen LogP contribution is 2.27. The van der Waals surface area contributed by atoms with Crippen molar-refractivity contribution in [1.82, 2.24) is 10.2 Å². The first-order valence-electron chi connectivity index (χ1n) is 11.7. The predicted octanol–water partition coefficient (Wildman–Crippen LogP) is 5.88. The fourth-order valence-corrected chi connectivity index (χ4v) is 4.03. The first-order chi connectivity index (χ1) is 16.4. The summed E-state index contributed by atoms with van der Waals surface area (Å²) in [6, 6.07) is 11.9. The standard InChI is InChI=1S/C26H34Cl2N2O4/c1-4-6-16-29-26(32)24(5-2)30(18-21-22(27)9-7-10-23(21)28)25(31)11-8-17-34-20-14-12-19(33-3)13-15-20/h7,9-10,12-15,24H,4-6,8,11,16-18H2,1-3H3,(H,29,32). The maximum absolute atomic E-state index is 13.3. The van der Waals surface area contributed by atoms with Crippen LogP contribution in [0.2, 0.25) is 10.0 Å². The van der Waals surface area contributed by atoms with Gasteiger partial charge in [0.2, 0.25) is 11.8 Å². The van der Waals surface area contributed by atoms with Crippen LogP contribution in [-0.2, 0) is 16.1 Å². The zero-order valence-corrected chi connectivity index (χ0v) is 21.6. The minimum Gasteiger partial charge on any atom is -0.497 e. The molecule has 1 N–H and O–H groups in total. The second-order valence-electron chi connectivity index (χ2n) is 7.92. The Morgan fingerprint density at radius 3 is 2.24 bits per heavy atom. The molecule has 0 fully saturated rings. The lowest BCUT2D eigenvalue weighted by molar-refractivity contribution is -0.141. The summed E-state index contributed by atoms with van der Waals surface area (Å²) in [5, 5.41) is 3.88. The zero-order chi connectivity index (χ0) is 24.9. The number of carbonyl (C=O) groups excluding carboxylic acids is 2. The second kappa shape index (κ2) is 14.7. The fraction of sp³-hybridized carbons (Fsp3) is 0.462. The van der Waals surface area contributed by atoms with Gasteiger partial charge in [-0.3, -0.25) is 9.59 Å². The molecule has 2 rings (SSSR count). The van der Waals surface area contributed by atoms with Gasteiger partial charge in [-0.05, 0) is 55.7 Å². The summed E-state index contributed by atoms with van der Waals surface area (Å²) in [6.45, 7) is 5.07. The van der Waals surface area contributed by atoms with E-state index in [-0.39, 0.29) is 24.8 Å². The number of nitrogens with zero attached hydrogens (tertiary/aromatic N) is 1. The smallest absolute Gasteiger partial charge is 0.242 e. The lowest BCUT2D eigenvalue weighted by Crippen LogP contribution is -2.49. The van der Waals surface area contributed by atoms with Crippen molar-refractivity contribution in [2.24, 2.45) is 0 Å². The van der Waals surface area contributed by atoms with Crippen LogP contribution in [0.4, 0.5) is 0 Å². The Balaban J connectivity index is 2.08. The number of hydrogen-bond acceptors (Lipinski definition) is 4. The van der Waals surface area contributed by atoms with Gasteiger partial charge in [-0.1, -0.05) is 49.5 Å². The maximum Gasteiger partial charge on any atom is 0.242 e. The van der Waals surface area contributed by atoms with Gasteiger partial charge in [0.25, 0.3) is 0 Å². The summed E-state index contributed by atoms with van der Waals surface area (Å²) in [5.74, 6) is 1.14. The van der Waals surface area contributed by atoms with Crippen LogP contribution in [0, 0.1) is 0 Å². The van der Waals surface area contributed by atoms with Crippen LogP contribution in [0.5, 0.6) is 11.5 Å². The van der Waals surface area contributed by atoms with Crippen LogP contribution in [0.25, 0.3) is 0 Å². The highest BCUT2D eigenvalue weighted by molar-refractivity contribution is 6.36. The first-order valence-corrected chi connectivity index (χ1v) is 12.4. The summed E-state index contributed by atoms with van der Waals surface area (Å²) in [7, 11) is 1.61. The molecule has 0 saturated heterocycles. The van der Waals surface area contributed by atoms with Gasteiger partial charge in [-0.15, -0.1) is 0 Å². The number of halogens is 2. The van der Waals surface area contributed by atoms with Gasteiger partial charge in [-0.25, -0.2) is 0 Å². The lowest BCUT2D eigenvalue weighted by Gasteiger charge is -2.31. The molecule has 0 heterocycles. The van der Waals surface area contributed by atoms with E-state index in [2.05, 4.69) is 12.2 Å². The molecule has 2 aromatic rings. The first kappa shape index (κ1) is 27.8. The van der Waals surface area contributed by atoms with E-state index in [1.165, 1.54) is 0 Å². The van der Waals surface area contributed by atoms with Gasteiger partial charge in [0.05, 0.1) is 13.7 Å². The molecule has 6 nitrogen and oxygen atoms in total. The average Bonchev–Trinajstić information content (AvgIpc) is 2.84. The number of rotatable bonds is 14. The third-order valence-corrected chi connectivity index (χ3v) is 6.18. The van der Waals surface area contributed by atoms with E-state index in [0.717, 1.165) is 18.6 Å². The number of methoxy groups -OCH3 is 1. The van der Waals surface area contributed by atoms with E-state index >= 15 is 0 Å². The Kier molecular flexibility index (Phi) is 12.1. The van der Waals surface area contributed by atoms with Crippen molar-refractivity contribution in [1.29, 1.82) is 0 Å². The normalized spacial score (nSPS) is 11.6. The van der Waals surface area contributed by atoms with E-state index in [1.807, 2.05) is 31.2 Å². The Morgan fingerprint density at radius 1 is 1.00 bits per heavy atom. The molecule has 8 heteroatoms. The maximum atomic E-state index is 13.3. The average molecular weight is 509 g/mol. The Morgan fingerprint density at radius 2 is 1.65 bits per heavy atom. The van der Waals surface area contributed by atoms with Crippen molar-refractivity contribution < 1.29 is 19.1 Å². The number of unbranched alkanes of at least 4 members (excludes halogenated alkanes) is 1. The van der Waals surface area contributed by atoms with Crippen molar-refractivity contribution in [2.75, 3.05) is 20.3 Å². The predicted molar refractivity (Wildman–Crippen MR) is 137 cm³/mol. The van der Waals surface area contributed by atoms with Crippen LogP contribution in [0.15, 0.2) is 42.5 Å². The topological polar surface area (TPSA) is 67.9 Å². The molecular weight excluding hydrogens is 475 g/mol. The molecule has 186 valence electrons. The summed E-state index contributed by atoms with van der Waals surface area (Å²) >= 11 is 12.7. The molecule has 0 saturated carbocycles. The highest BCUT2D eigenvalue weighted by Gasteiger charge is 2.29. The zero-order valence-electron chi connectivity index (χ0n) is 20.1. The van der Waals surface area contributed by atoms with Crippen molar-refractivity contribution in [3.63, 3.8) is 0 Å². The third-order valence-electron chi connectivity index (χ3n) is 5.47. The Bertz CT molecular complexity index is 901. The summed E-state index contributed by atoms with van der Waals surface area (Å²) in [5.41, 5.74) is 0.633. The van der Waals surface area contributed by atoms with E-state index in [9.17, 15) is 9.59 Å². The van der Waals surface area contributed by atoms with Gasteiger partial charge in [0.15, 0.2) is 0 Å². The molecule has 0 spiro atoms. The largest absolute Gasteiger partial charge is 0.497 e. The molecule has 0 aliphatic rings. The fourth-order valence-electron chi connectivity index (χ4n) is 3.51. The molecule has 2 aromatic carbocycles. The molecule has 0 aliphatic heterocycles. The third kappa shape index (κ3) is 8.41. The lowest BCUT2D eigenvalue weighted by atomic mass is 10.1. The molecule has 2 amide bonds. The molecule has 0 bridgehead atoms. The quantitative estimate of drug-likeness (QED) is 0.323. The summed E-state index contributed by atoms with van der Waals surface area (Å²) in [6.07, 6.45) is 3.08. The number of nitrogens with one attached hydrogen (secondary N) is 1. The minimum atomic E-state index is -0.612. The van der Waals surface area contributed by atoms with Crippen LogP contribution in [0.1, 0.15) is 51.5 Å². The number of ether oxygens (including phenoxy) is 2. The summed E-state index contributed by atoms with van der Waals surface area (Å²) in [4.78, 5) is 27.8. The Labute approximate surface area is 212 Å². The SMILES string of the molecule is CCCCNC(=O)C(CC)N(Cc1c(Cl)cccc1Cl)C(=O)CCCOc1ccc(OC)cc1. The van der Waals surface area contributed by atoms with E-state index in [1.54, 1.807) is 30.2 Å². The number of amides is 2. The van der Waals surface area contributed by atoms with Crippen molar-refractivity contribution in [2.45, 2.75) is 58.5 Å². The van der Waals surface area contributed by atoms with Crippen LogP contribution >= 0.6 is 23.2 Å².